The average Bonchev–Trinajstić information content (AvgIpc) is 3.15. The van der Waals surface area contributed by atoms with Crippen molar-refractivity contribution in [1.29, 1.82) is 0 Å². The van der Waals surface area contributed by atoms with Crippen LogP contribution in [-0.4, -0.2) is 21.3 Å². The van der Waals surface area contributed by atoms with Crippen LogP contribution in [0.5, 0.6) is 0 Å². The van der Waals surface area contributed by atoms with Gasteiger partial charge in [-0.15, -0.1) is 11.3 Å². The van der Waals surface area contributed by atoms with Crippen LogP contribution in [0.2, 0.25) is 0 Å². The summed E-state index contributed by atoms with van der Waals surface area (Å²) in [5.74, 6) is -0.264. The van der Waals surface area contributed by atoms with E-state index >= 15 is 0 Å². The number of hydrogen-bond acceptors (Lipinski definition) is 4. The molecule has 0 spiro atoms. The number of aromatic nitrogens is 2. The first-order chi connectivity index (χ1) is 11.7. The fraction of sp³-hybridized carbons (Fsp3) is 0.611. The van der Waals surface area contributed by atoms with Gasteiger partial charge in [0.05, 0.1) is 0 Å². The molecule has 1 N–H and O–H groups in total. The van der Waals surface area contributed by atoms with Crippen molar-refractivity contribution < 1.29 is 4.79 Å². The van der Waals surface area contributed by atoms with Gasteiger partial charge in [-0.1, -0.05) is 25.7 Å². The predicted octanol–water partition coefficient (Wildman–Crippen LogP) is 3.09. The SMILES string of the molecule is O=C(NC1CCCC1)c1cnc2sc3c(n2c1=O)CCCCCC3. The number of rotatable bonds is 2. The number of carbonyl (C=O) groups excluding carboxylic acids is 1. The molecule has 0 bridgehead atoms. The predicted molar refractivity (Wildman–Crippen MR) is 94.9 cm³/mol. The first kappa shape index (κ1) is 15.8. The van der Waals surface area contributed by atoms with Crippen LogP contribution in [0.15, 0.2) is 11.0 Å². The second-order valence-corrected chi connectivity index (χ2v) is 8.00. The number of nitrogens with zero attached hydrogens (tertiary/aromatic N) is 2. The van der Waals surface area contributed by atoms with E-state index in [9.17, 15) is 9.59 Å². The number of aryl methyl sites for hydroxylation is 2. The van der Waals surface area contributed by atoms with Gasteiger partial charge in [0, 0.05) is 22.8 Å². The quantitative estimate of drug-likeness (QED) is 0.910. The van der Waals surface area contributed by atoms with Crippen LogP contribution < -0.4 is 10.9 Å². The Bertz CT molecular complexity index is 818. The molecule has 24 heavy (non-hydrogen) atoms. The van der Waals surface area contributed by atoms with Gasteiger partial charge in [-0.05, 0) is 38.5 Å². The second-order valence-electron chi connectivity index (χ2n) is 6.94. The summed E-state index contributed by atoms with van der Waals surface area (Å²) >= 11 is 1.61. The van der Waals surface area contributed by atoms with Crippen molar-refractivity contribution in [3.05, 3.63) is 32.7 Å². The number of thiazole rings is 1. The Hall–Kier alpha value is -1.69. The summed E-state index contributed by atoms with van der Waals surface area (Å²) in [4.78, 5) is 31.9. The minimum Gasteiger partial charge on any atom is -0.349 e. The van der Waals surface area contributed by atoms with E-state index in [1.54, 1.807) is 15.7 Å². The average molecular weight is 345 g/mol. The summed E-state index contributed by atoms with van der Waals surface area (Å²) in [6.45, 7) is 0. The molecule has 0 aromatic carbocycles. The molecule has 5 nitrogen and oxygen atoms in total. The molecule has 1 saturated carbocycles. The van der Waals surface area contributed by atoms with Gasteiger partial charge in [0.15, 0.2) is 4.96 Å². The molecule has 2 heterocycles. The maximum Gasteiger partial charge on any atom is 0.271 e. The van der Waals surface area contributed by atoms with Gasteiger partial charge in [0.25, 0.3) is 11.5 Å². The highest BCUT2D eigenvalue weighted by molar-refractivity contribution is 7.17. The zero-order valence-electron chi connectivity index (χ0n) is 13.8. The van der Waals surface area contributed by atoms with Crippen molar-refractivity contribution in [1.82, 2.24) is 14.7 Å². The summed E-state index contributed by atoms with van der Waals surface area (Å²) in [5.41, 5.74) is 1.07. The van der Waals surface area contributed by atoms with Crippen LogP contribution in [0.4, 0.5) is 0 Å². The topological polar surface area (TPSA) is 63.5 Å². The molecule has 4 rings (SSSR count). The molecular formula is C18H23N3O2S. The van der Waals surface area contributed by atoms with E-state index < -0.39 is 0 Å². The summed E-state index contributed by atoms with van der Waals surface area (Å²) < 4.78 is 1.70. The normalized spacial score (nSPS) is 19.0. The summed E-state index contributed by atoms with van der Waals surface area (Å²) in [6.07, 6.45) is 12.5. The first-order valence-corrected chi connectivity index (χ1v) is 9.89. The van der Waals surface area contributed by atoms with E-state index in [1.165, 1.54) is 30.3 Å². The molecule has 1 amide bonds. The highest BCUT2D eigenvalue weighted by atomic mass is 32.1. The minimum atomic E-state index is -0.264. The van der Waals surface area contributed by atoms with Gasteiger partial charge in [-0.25, -0.2) is 4.98 Å². The lowest BCUT2D eigenvalue weighted by Crippen LogP contribution is -2.37. The van der Waals surface area contributed by atoms with Crippen LogP contribution in [0.3, 0.4) is 0 Å². The van der Waals surface area contributed by atoms with Crippen molar-refractivity contribution in [3.8, 4) is 0 Å². The van der Waals surface area contributed by atoms with Crippen LogP contribution in [0, 0.1) is 0 Å². The zero-order valence-corrected chi connectivity index (χ0v) is 14.7. The van der Waals surface area contributed by atoms with Gasteiger partial charge >= 0.3 is 0 Å². The Balaban J connectivity index is 1.72. The molecule has 2 aromatic rings. The lowest BCUT2D eigenvalue weighted by molar-refractivity contribution is 0.0936. The lowest BCUT2D eigenvalue weighted by atomic mass is 10.0. The van der Waals surface area contributed by atoms with Crippen molar-refractivity contribution in [2.24, 2.45) is 0 Å². The third kappa shape index (κ3) is 2.88. The molecule has 0 radical (unpaired) electrons. The number of amides is 1. The molecule has 2 aliphatic rings. The summed E-state index contributed by atoms with van der Waals surface area (Å²) in [5, 5.41) is 3.01. The maximum absolute atomic E-state index is 12.9. The molecular weight excluding hydrogens is 322 g/mol. The Morgan fingerprint density at radius 1 is 1.12 bits per heavy atom. The molecule has 0 aliphatic heterocycles. The van der Waals surface area contributed by atoms with E-state index in [2.05, 4.69) is 10.3 Å². The van der Waals surface area contributed by atoms with Crippen LogP contribution in [-0.2, 0) is 12.8 Å². The molecule has 128 valence electrons. The summed E-state index contributed by atoms with van der Waals surface area (Å²) in [6, 6.07) is 0.209. The van der Waals surface area contributed by atoms with Crippen LogP contribution >= 0.6 is 11.3 Å². The van der Waals surface area contributed by atoms with Crippen LogP contribution in [0.1, 0.15) is 72.3 Å². The zero-order chi connectivity index (χ0) is 16.5. The Morgan fingerprint density at radius 3 is 2.67 bits per heavy atom. The molecule has 0 saturated heterocycles. The number of hydrogen-bond donors (Lipinski definition) is 1. The van der Waals surface area contributed by atoms with E-state index in [0.29, 0.717) is 0 Å². The molecule has 0 atom stereocenters. The van der Waals surface area contributed by atoms with Gasteiger partial charge in [0.1, 0.15) is 5.56 Å². The fourth-order valence-corrected chi connectivity index (χ4v) is 5.08. The van der Waals surface area contributed by atoms with Gasteiger partial charge in [-0.3, -0.25) is 14.0 Å². The van der Waals surface area contributed by atoms with Gasteiger partial charge in [-0.2, -0.15) is 0 Å². The van der Waals surface area contributed by atoms with Gasteiger partial charge < -0.3 is 5.32 Å². The Morgan fingerprint density at radius 2 is 1.88 bits per heavy atom. The number of fused-ring (bicyclic) bond motifs is 3. The molecule has 1 fully saturated rings. The number of nitrogens with one attached hydrogen (secondary N) is 1. The smallest absolute Gasteiger partial charge is 0.271 e. The highest BCUT2D eigenvalue weighted by Gasteiger charge is 2.23. The van der Waals surface area contributed by atoms with Crippen molar-refractivity contribution in [2.75, 3.05) is 0 Å². The van der Waals surface area contributed by atoms with E-state index in [1.807, 2.05) is 0 Å². The van der Waals surface area contributed by atoms with Crippen molar-refractivity contribution in [3.63, 3.8) is 0 Å². The molecule has 2 aromatic heterocycles. The summed E-state index contributed by atoms with van der Waals surface area (Å²) in [7, 11) is 0. The monoisotopic (exact) mass is 345 g/mol. The molecule has 6 heteroatoms. The highest BCUT2D eigenvalue weighted by Crippen LogP contribution is 2.27. The minimum absolute atomic E-state index is 0.182. The molecule has 0 unspecified atom stereocenters. The van der Waals surface area contributed by atoms with E-state index in [-0.39, 0.29) is 23.1 Å². The standard InChI is InChI=1S/C18H23N3O2S/c22-16(20-12-7-5-6-8-12)13-11-19-18-21(17(13)23)14-9-3-1-2-4-10-15(14)24-18/h11-12H,1-10H2,(H,20,22). The second kappa shape index (κ2) is 6.67. The Kier molecular flexibility index (Phi) is 4.39. The number of carbonyl (C=O) groups is 1. The third-order valence-corrected chi connectivity index (χ3v) is 6.39. The van der Waals surface area contributed by atoms with Crippen molar-refractivity contribution in [2.45, 2.75) is 70.3 Å². The fourth-order valence-electron chi connectivity index (χ4n) is 3.91. The van der Waals surface area contributed by atoms with Crippen LogP contribution in [0.25, 0.3) is 4.96 Å². The lowest BCUT2D eigenvalue weighted by Gasteiger charge is -2.12. The molecule has 2 aliphatic carbocycles. The van der Waals surface area contributed by atoms with E-state index in [4.69, 9.17) is 0 Å². The largest absolute Gasteiger partial charge is 0.349 e. The van der Waals surface area contributed by atoms with E-state index in [0.717, 1.165) is 55.6 Å². The maximum atomic E-state index is 12.9. The van der Waals surface area contributed by atoms with Crippen molar-refractivity contribution >= 4 is 22.2 Å². The first-order valence-electron chi connectivity index (χ1n) is 9.07. The third-order valence-electron chi connectivity index (χ3n) is 5.24. The van der Waals surface area contributed by atoms with Gasteiger partial charge in [0.2, 0.25) is 0 Å². The Labute approximate surface area is 145 Å².